The molecule has 1 amide bonds. The van der Waals surface area contributed by atoms with E-state index in [0.29, 0.717) is 50.5 Å². The molecule has 0 radical (unpaired) electrons. The Kier molecular flexibility index (Phi) is 8.20. The van der Waals surface area contributed by atoms with E-state index in [2.05, 4.69) is 0 Å². The fourth-order valence-electron chi connectivity index (χ4n) is 3.59. The number of benzene rings is 2. The highest BCUT2D eigenvalue weighted by Crippen LogP contribution is 2.36. The van der Waals surface area contributed by atoms with E-state index in [9.17, 15) is 4.79 Å². The molecule has 2 fully saturated rings. The van der Waals surface area contributed by atoms with Crippen molar-refractivity contribution in [3.63, 3.8) is 0 Å². The van der Waals surface area contributed by atoms with Crippen molar-refractivity contribution in [3.8, 4) is 11.5 Å². The van der Waals surface area contributed by atoms with Crippen molar-refractivity contribution in [2.45, 2.75) is 32.5 Å². The van der Waals surface area contributed by atoms with E-state index in [-0.39, 0.29) is 12.0 Å². The molecule has 0 bridgehead atoms. The van der Waals surface area contributed by atoms with Gasteiger partial charge < -0.3 is 14.2 Å². The van der Waals surface area contributed by atoms with Crippen LogP contribution in [-0.2, 0) is 16.1 Å². The summed E-state index contributed by atoms with van der Waals surface area (Å²) < 4.78 is 18.0. The summed E-state index contributed by atoms with van der Waals surface area (Å²) in [5.41, 5.74) is 1.73. The first-order valence-electron chi connectivity index (χ1n) is 10.6. The van der Waals surface area contributed by atoms with E-state index >= 15 is 0 Å². The van der Waals surface area contributed by atoms with Crippen molar-refractivity contribution in [1.29, 1.82) is 0 Å². The van der Waals surface area contributed by atoms with Gasteiger partial charge in [0.15, 0.2) is 11.5 Å². The predicted octanol–water partition coefficient (Wildman–Crippen LogP) is 6.35. The minimum atomic E-state index is -0.0848. The highest BCUT2D eigenvalue weighted by atomic mass is 35.5. The number of thioether (sulfide) groups is 1. The van der Waals surface area contributed by atoms with E-state index < -0.39 is 0 Å². The Hall–Kier alpha value is -1.77. The number of amides is 1. The average molecular weight is 524 g/mol. The van der Waals surface area contributed by atoms with Gasteiger partial charge >= 0.3 is 0 Å². The minimum Gasteiger partial charge on any atom is -0.490 e. The Morgan fingerprint density at radius 3 is 2.76 bits per heavy atom. The topological polar surface area (TPSA) is 48.0 Å². The summed E-state index contributed by atoms with van der Waals surface area (Å²) in [5.74, 6) is 1.12. The first-order chi connectivity index (χ1) is 15.9. The number of halogens is 2. The molecule has 0 spiro atoms. The highest BCUT2D eigenvalue weighted by Gasteiger charge is 2.34. The predicted molar refractivity (Wildman–Crippen MR) is 137 cm³/mol. The summed E-state index contributed by atoms with van der Waals surface area (Å²) in [4.78, 5) is 15.1. The van der Waals surface area contributed by atoms with Crippen LogP contribution >= 0.6 is 47.2 Å². The maximum atomic E-state index is 12.9. The van der Waals surface area contributed by atoms with E-state index in [1.807, 2.05) is 37.3 Å². The quantitative estimate of drug-likeness (QED) is 0.296. The lowest BCUT2D eigenvalue weighted by molar-refractivity contribution is -0.123. The molecule has 0 N–H and O–H groups in total. The van der Waals surface area contributed by atoms with Crippen LogP contribution in [0.4, 0.5) is 0 Å². The van der Waals surface area contributed by atoms with Crippen molar-refractivity contribution < 1.29 is 19.0 Å². The molecule has 9 heteroatoms. The fraction of sp³-hybridized carbons (Fsp3) is 0.333. The maximum absolute atomic E-state index is 12.9. The van der Waals surface area contributed by atoms with Crippen LogP contribution in [0.1, 0.15) is 30.9 Å². The van der Waals surface area contributed by atoms with E-state index in [4.69, 9.17) is 49.6 Å². The van der Waals surface area contributed by atoms with Gasteiger partial charge in [-0.15, -0.1) is 0 Å². The monoisotopic (exact) mass is 523 g/mol. The van der Waals surface area contributed by atoms with Crippen LogP contribution < -0.4 is 9.47 Å². The standard InChI is InChI=1S/C24H23Cl2NO4S2/c1-2-29-21-11-15(6-8-20(21)31-14-16-5-7-18(25)19(26)10-16)12-22-23(28)27(24(32)33-22)13-17-4-3-9-30-17/h5-8,10-12,17H,2-4,9,13-14H2,1H3/b22-12-/t17-/m1/s1. The molecule has 0 aliphatic carbocycles. The second-order valence-corrected chi connectivity index (χ2v) is 10.1. The molecule has 0 saturated carbocycles. The smallest absolute Gasteiger partial charge is 0.266 e. The lowest BCUT2D eigenvalue weighted by atomic mass is 10.1. The normalized spacial score (nSPS) is 19.5. The van der Waals surface area contributed by atoms with Gasteiger partial charge in [-0.3, -0.25) is 9.69 Å². The number of thiocarbonyl (C=S) groups is 1. The lowest BCUT2D eigenvalue weighted by Gasteiger charge is -2.18. The van der Waals surface area contributed by atoms with Crippen LogP contribution in [-0.4, -0.2) is 41.0 Å². The highest BCUT2D eigenvalue weighted by molar-refractivity contribution is 8.26. The van der Waals surface area contributed by atoms with Gasteiger partial charge in [-0.05, 0) is 61.2 Å². The summed E-state index contributed by atoms with van der Waals surface area (Å²) in [6, 6.07) is 11.0. The molecule has 2 saturated heterocycles. The molecule has 2 heterocycles. The molecule has 2 aliphatic rings. The zero-order chi connectivity index (χ0) is 23.4. The van der Waals surface area contributed by atoms with Crippen LogP contribution in [0.3, 0.4) is 0 Å². The number of ether oxygens (including phenoxy) is 3. The molecule has 5 nitrogen and oxygen atoms in total. The van der Waals surface area contributed by atoms with Gasteiger partial charge in [-0.25, -0.2) is 0 Å². The average Bonchev–Trinajstić information content (AvgIpc) is 3.40. The Morgan fingerprint density at radius 2 is 2.03 bits per heavy atom. The Morgan fingerprint density at radius 1 is 1.18 bits per heavy atom. The number of nitrogens with zero attached hydrogens (tertiary/aromatic N) is 1. The number of hydrogen-bond acceptors (Lipinski definition) is 6. The zero-order valence-corrected chi connectivity index (χ0v) is 21.2. The summed E-state index contributed by atoms with van der Waals surface area (Å²) in [6.45, 7) is 3.96. The summed E-state index contributed by atoms with van der Waals surface area (Å²) >= 11 is 18.8. The van der Waals surface area contributed by atoms with Crippen molar-refractivity contribution in [2.75, 3.05) is 19.8 Å². The molecule has 33 heavy (non-hydrogen) atoms. The van der Waals surface area contributed by atoms with Crippen LogP contribution in [0.5, 0.6) is 11.5 Å². The summed E-state index contributed by atoms with van der Waals surface area (Å²) in [5, 5.41) is 0.982. The SMILES string of the molecule is CCOc1cc(/C=C2\SC(=S)N(C[C@H]3CCCO3)C2=O)ccc1OCc1ccc(Cl)c(Cl)c1. The Bertz CT molecular complexity index is 1090. The first kappa shape index (κ1) is 24.4. The molecule has 2 aliphatic heterocycles. The summed E-state index contributed by atoms with van der Waals surface area (Å²) in [6.07, 6.45) is 3.87. The number of carbonyl (C=O) groups excluding carboxylic acids is 1. The molecule has 0 aromatic heterocycles. The number of hydrogen-bond donors (Lipinski definition) is 0. The molecule has 1 atom stereocenters. The molecule has 174 valence electrons. The van der Waals surface area contributed by atoms with Gasteiger partial charge in [0.1, 0.15) is 10.9 Å². The second-order valence-electron chi connectivity index (χ2n) is 7.60. The third-order valence-corrected chi connectivity index (χ3v) is 7.34. The molecule has 4 rings (SSSR count). The van der Waals surface area contributed by atoms with Gasteiger partial charge in [-0.2, -0.15) is 0 Å². The van der Waals surface area contributed by atoms with Crippen molar-refractivity contribution in [2.24, 2.45) is 0 Å². The summed E-state index contributed by atoms with van der Waals surface area (Å²) in [7, 11) is 0. The molecular formula is C24H23Cl2NO4S2. The lowest BCUT2D eigenvalue weighted by Crippen LogP contribution is -2.35. The molecule has 2 aromatic carbocycles. The minimum absolute atomic E-state index is 0.0587. The van der Waals surface area contributed by atoms with Crippen LogP contribution in [0.25, 0.3) is 6.08 Å². The maximum Gasteiger partial charge on any atom is 0.266 e. The van der Waals surface area contributed by atoms with Crippen molar-refractivity contribution >= 4 is 63.5 Å². The Balaban J connectivity index is 1.48. The third-order valence-electron chi connectivity index (χ3n) is 5.23. The molecule has 0 unspecified atom stereocenters. The first-order valence-corrected chi connectivity index (χ1v) is 12.6. The number of rotatable bonds is 8. The third kappa shape index (κ3) is 6.03. The van der Waals surface area contributed by atoms with Crippen LogP contribution in [0.15, 0.2) is 41.3 Å². The van der Waals surface area contributed by atoms with Crippen molar-refractivity contribution in [3.05, 3.63) is 62.5 Å². The van der Waals surface area contributed by atoms with Gasteiger partial charge in [-0.1, -0.05) is 59.3 Å². The van der Waals surface area contributed by atoms with Crippen LogP contribution in [0, 0.1) is 0 Å². The van der Waals surface area contributed by atoms with Crippen molar-refractivity contribution in [1.82, 2.24) is 4.90 Å². The largest absolute Gasteiger partial charge is 0.490 e. The fourth-order valence-corrected chi connectivity index (χ4v) is 5.19. The molecular weight excluding hydrogens is 501 g/mol. The molecule has 2 aromatic rings. The van der Waals surface area contributed by atoms with Crippen LogP contribution in [0.2, 0.25) is 10.0 Å². The van der Waals surface area contributed by atoms with Gasteiger partial charge in [0.25, 0.3) is 5.91 Å². The van der Waals surface area contributed by atoms with E-state index in [1.54, 1.807) is 17.0 Å². The van der Waals surface area contributed by atoms with Gasteiger partial charge in [0.05, 0.1) is 34.2 Å². The zero-order valence-electron chi connectivity index (χ0n) is 18.0. The van der Waals surface area contributed by atoms with E-state index in [1.165, 1.54) is 11.8 Å². The Labute approximate surface area is 213 Å². The second kappa shape index (κ2) is 11.1. The van der Waals surface area contributed by atoms with E-state index in [0.717, 1.165) is 30.6 Å². The van der Waals surface area contributed by atoms with Gasteiger partial charge in [0.2, 0.25) is 0 Å². The number of carbonyl (C=O) groups is 1. The van der Waals surface area contributed by atoms with Gasteiger partial charge in [0, 0.05) is 6.61 Å².